The summed E-state index contributed by atoms with van der Waals surface area (Å²) in [6.45, 7) is 6.07. The number of rotatable bonds is 7. The molecule has 0 spiro atoms. The summed E-state index contributed by atoms with van der Waals surface area (Å²) in [5, 5.41) is 5.63. The van der Waals surface area contributed by atoms with Crippen LogP contribution in [0.2, 0.25) is 0 Å². The number of ether oxygens (including phenoxy) is 1. The Bertz CT molecular complexity index is 498. The highest BCUT2D eigenvalue weighted by Crippen LogP contribution is 2.25. The molecule has 0 saturated heterocycles. The number of carbonyl (C=O) groups is 2. The van der Waals surface area contributed by atoms with Crippen molar-refractivity contribution in [1.29, 1.82) is 0 Å². The summed E-state index contributed by atoms with van der Waals surface area (Å²) in [6, 6.07) is 5.62. The number of anilines is 1. The number of amides is 2. The first-order valence-electron chi connectivity index (χ1n) is 7.13. The Hall–Kier alpha value is -2.04. The lowest BCUT2D eigenvalue weighted by Crippen LogP contribution is -2.26. The number of methoxy groups -OCH3 is 1. The van der Waals surface area contributed by atoms with Crippen LogP contribution in [0.1, 0.15) is 32.8 Å². The number of hydrogen-bond donors (Lipinski definition) is 2. The number of benzene rings is 1. The second kappa shape index (κ2) is 8.29. The highest BCUT2D eigenvalue weighted by atomic mass is 16.5. The number of carbonyl (C=O) groups excluding carboxylic acids is 2. The molecule has 0 fully saturated rings. The molecule has 0 aliphatic carbocycles. The molecule has 1 rings (SSSR count). The van der Waals surface area contributed by atoms with Crippen LogP contribution in [0, 0.1) is 5.92 Å². The van der Waals surface area contributed by atoms with Gasteiger partial charge in [0.1, 0.15) is 5.75 Å². The van der Waals surface area contributed by atoms with Crippen molar-refractivity contribution in [3.63, 3.8) is 0 Å². The first kappa shape index (κ1) is 17.0. The molecule has 116 valence electrons. The van der Waals surface area contributed by atoms with E-state index in [-0.39, 0.29) is 11.8 Å². The van der Waals surface area contributed by atoms with E-state index in [1.807, 2.05) is 32.0 Å². The molecule has 0 saturated carbocycles. The minimum absolute atomic E-state index is 0.0700. The second-order valence-corrected chi connectivity index (χ2v) is 5.41. The molecule has 1 aromatic rings. The lowest BCUT2D eigenvalue weighted by atomic mass is 10.1. The largest absolute Gasteiger partial charge is 0.495 e. The average molecular weight is 292 g/mol. The van der Waals surface area contributed by atoms with Crippen molar-refractivity contribution in [2.75, 3.05) is 19.0 Å². The Kier molecular flexibility index (Phi) is 6.72. The third-order valence-electron chi connectivity index (χ3n) is 2.90. The molecule has 0 heterocycles. The van der Waals surface area contributed by atoms with Crippen LogP contribution < -0.4 is 15.4 Å². The maximum absolute atomic E-state index is 11.6. The van der Waals surface area contributed by atoms with Gasteiger partial charge in [-0.15, -0.1) is 0 Å². The zero-order valence-corrected chi connectivity index (χ0v) is 13.2. The fourth-order valence-corrected chi connectivity index (χ4v) is 1.99. The standard InChI is InChI=1S/C16H24N2O3/c1-11(2)9-16(20)17-8-7-13-5-6-15(21-4)14(10-13)18-12(3)19/h5-6,10-11H,7-9H2,1-4H3,(H,17,20)(H,18,19). The van der Waals surface area contributed by atoms with Crippen molar-refractivity contribution < 1.29 is 14.3 Å². The summed E-state index contributed by atoms with van der Waals surface area (Å²) in [5.74, 6) is 0.909. The summed E-state index contributed by atoms with van der Waals surface area (Å²) >= 11 is 0. The van der Waals surface area contributed by atoms with Gasteiger partial charge in [0.25, 0.3) is 0 Å². The Balaban J connectivity index is 2.59. The van der Waals surface area contributed by atoms with E-state index in [2.05, 4.69) is 10.6 Å². The third kappa shape index (κ3) is 6.29. The molecule has 21 heavy (non-hydrogen) atoms. The molecule has 5 heteroatoms. The fourth-order valence-electron chi connectivity index (χ4n) is 1.99. The molecule has 1 aromatic carbocycles. The van der Waals surface area contributed by atoms with E-state index in [0.717, 1.165) is 5.56 Å². The number of nitrogens with one attached hydrogen (secondary N) is 2. The van der Waals surface area contributed by atoms with Crippen LogP contribution in [0.5, 0.6) is 5.75 Å². The molecular weight excluding hydrogens is 268 g/mol. The maximum atomic E-state index is 11.6. The van der Waals surface area contributed by atoms with Crippen LogP contribution in [0.3, 0.4) is 0 Å². The Morgan fingerprint density at radius 1 is 1.29 bits per heavy atom. The molecular formula is C16H24N2O3. The summed E-state index contributed by atoms with van der Waals surface area (Å²) in [6.07, 6.45) is 1.25. The molecule has 0 radical (unpaired) electrons. The number of hydrogen-bond acceptors (Lipinski definition) is 3. The van der Waals surface area contributed by atoms with Gasteiger partial charge in [-0.1, -0.05) is 19.9 Å². The van der Waals surface area contributed by atoms with Gasteiger partial charge in [0, 0.05) is 19.9 Å². The minimum Gasteiger partial charge on any atom is -0.495 e. The Morgan fingerprint density at radius 2 is 2.00 bits per heavy atom. The van der Waals surface area contributed by atoms with Crippen molar-refractivity contribution in [1.82, 2.24) is 5.32 Å². The van der Waals surface area contributed by atoms with Crippen LogP contribution >= 0.6 is 0 Å². The zero-order valence-electron chi connectivity index (χ0n) is 13.2. The van der Waals surface area contributed by atoms with Crippen molar-refractivity contribution in [3.8, 4) is 5.75 Å². The summed E-state index contributed by atoms with van der Waals surface area (Å²) < 4.78 is 5.20. The minimum atomic E-state index is -0.143. The molecule has 0 aromatic heterocycles. The molecule has 0 unspecified atom stereocenters. The lowest BCUT2D eigenvalue weighted by molar-refractivity contribution is -0.121. The highest BCUT2D eigenvalue weighted by Gasteiger charge is 2.07. The maximum Gasteiger partial charge on any atom is 0.221 e. The molecule has 0 atom stereocenters. The van der Waals surface area contributed by atoms with Crippen molar-refractivity contribution in [2.24, 2.45) is 5.92 Å². The first-order valence-corrected chi connectivity index (χ1v) is 7.13. The lowest BCUT2D eigenvalue weighted by Gasteiger charge is -2.12. The summed E-state index contributed by atoms with van der Waals surface area (Å²) in [4.78, 5) is 22.7. The van der Waals surface area contributed by atoms with E-state index in [9.17, 15) is 9.59 Å². The molecule has 0 bridgehead atoms. The van der Waals surface area contributed by atoms with Crippen molar-refractivity contribution in [3.05, 3.63) is 23.8 Å². The van der Waals surface area contributed by atoms with Gasteiger partial charge in [-0.3, -0.25) is 9.59 Å². The van der Waals surface area contributed by atoms with Gasteiger partial charge in [0.2, 0.25) is 11.8 Å². The zero-order chi connectivity index (χ0) is 15.8. The molecule has 2 amide bonds. The van der Waals surface area contributed by atoms with Gasteiger partial charge in [-0.2, -0.15) is 0 Å². The van der Waals surface area contributed by atoms with E-state index < -0.39 is 0 Å². The predicted molar refractivity (Wildman–Crippen MR) is 83.5 cm³/mol. The summed E-state index contributed by atoms with van der Waals surface area (Å²) in [5.41, 5.74) is 1.68. The molecule has 0 aliphatic heterocycles. The van der Waals surface area contributed by atoms with Gasteiger partial charge < -0.3 is 15.4 Å². The van der Waals surface area contributed by atoms with Gasteiger partial charge in [0.05, 0.1) is 12.8 Å². The van der Waals surface area contributed by atoms with Crippen LogP contribution in [0.25, 0.3) is 0 Å². The third-order valence-corrected chi connectivity index (χ3v) is 2.90. The van der Waals surface area contributed by atoms with Crippen molar-refractivity contribution in [2.45, 2.75) is 33.6 Å². The molecule has 2 N–H and O–H groups in total. The quantitative estimate of drug-likeness (QED) is 0.810. The first-order chi connectivity index (χ1) is 9.92. The highest BCUT2D eigenvalue weighted by molar-refractivity contribution is 5.90. The monoisotopic (exact) mass is 292 g/mol. The topological polar surface area (TPSA) is 67.4 Å². The van der Waals surface area contributed by atoms with Crippen LogP contribution in [0.15, 0.2) is 18.2 Å². The predicted octanol–water partition coefficient (Wildman–Crippen LogP) is 2.36. The van der Waals surface area contributed by atoms with E-state index >= 15 is 0 Å². The van der Waals surface area contributed by atoms with Gasteiger partial charge >= 0.3 is 0 Å². The van der Waals surface area contributed by atoms with E-state index in [0.29, 0.717) is 36.7 Å². The van der Waals surface area contributed by atoms with E-state index in [1.165, 1.54) is 6.92 Å². The van der Waals surface area contributed by atoms with Crippen LogP contribution in [0.4, 0.5) is 5.69 Å². The summed E-state index contributed by atoms with van der Waals surface area (Å²) in [7, 11) is 1.56. The van der Waals surface area contributed by atoms with Gasteiger partial charge in [0.15, 0.2) is 0 Å². The smallest absolute Gasteiger partial charge is 0.221 e. The molecule has 5 nitrogen and oxygen atoms in total. The van der Waals surface area contributed by atoms with Gasteiger partial charge in [-0.25, -0.2) is 0 Å². The van der Waals surface area contributed by atoms with E-state index in [4.69, 9.17) is 4.74 Å². The Labute approximate surface area is 126 Å². The van der Waals surface area contributed by atoms with Crippen LogP contribution in [-0.4, -0.2) is 25.5 Å². The SMILES string of the molecule is COc1ccc(CCNC(=O)CC(C)C)cc1NC(C)=O. The fraction of sp³-hybridized carbons (Fsp3) is 0.500. The van der Waals surface area contributed by atoms with E-state index in [1.54, 1.807) is 7.11 Å². The second-order valence-electron chi connectivity index (χ2n) is 5.41. The molecule has 0 aliphatic rings. The van der Waals surface area contributed by atoms with Crippen LogP contribution in [-0.2, 0) is 16.0 Å². The average Bonchev–Trinajstić information content (AvgIpc) is 2.37. The normalized spacial score (nSPS) is 10.3. The Morgan fingerprint density at radius 3 is 2.57 bits per heavy atom. The van der Waals surface area contributed by atoms with Gasteiger partial charge in [-0.05, 0) is 30.0 Å². The van der Waals surface area contributed by atoms with Crippen molar-refractivity contribution >= 4 is 17.5 Å².